The largest absolute Gasteiger partial charge is 0.476 e. The van der Waals surface area contributed by atoms with Crippen molar-refractivity contribution in [2.24, 2.45) is 9.98 Å². The van der Waals surface area contributed by atoms with Crippen LogP contribution >= 0.6 is 0 Å². The van der Waals surface area contributed by atoms with Gasteiger partial charge in [0.1, 0.15) is 0 Å². The van der Waals surface area contributed by atoms with Gasteiger partial charge in [0.2, 0.25) is 0 Å². The lowest BCUT2D eigenvalue weighted by atomic mass is 10.4. The molecule has 0 aliphatic rings. The summed E-state index contributed by atoms with van der Waals surface area (Å²) < 4.78 is 1.73. The number of rotatable bonds is 4. The third-order valence-electron chi connectivity index (χ3n) is 2.31. The van der Waals surface area contributed by atoms with E-state index in [0.29, 0.717) is 0 Å². The summed E-state index contributed by atoms with van der Waals surface area (Å²) in [6.07, 6.45) is 1.53. The highest BCUT2D eigenvalue weighted by molar-refractivity contribution is 5.94. The molecule has 0 aromatic carbocycles. The summed E-state index contributed by atoms with van der Waals surface area (Å²) in [6.45, 7) is 8.75. The SMILES string of the molecule is C=N/C(C(=O)O)=C(\N=C/C)n1c(C)ccc1C. The Morgan fingerprint density at radius 2 is 1.94 bits per heavy atom. The van der Waals surface area contributed by atoms with E-state index >= 15 is 0 Å². The molecule has 0 saturated carbocycles. The molecule has 0 unspecified atom stereocenters. The molecule has 0 bridgehead atoms. The number of hydrogen-bond donors (Lipinski definition) is 1. The number of aliphatic imine (C=N–C) groups is 2. The maximum Gasteiger partial charge on any atom is 0.358 e. The third kappa shape index (κ3) is 2.50. The van der Waals surface area contributed by atoms with Gasteiger partial charge in [-0.15, -0.1) is 0 Å². The number of carboxylic acids is 1. The summed E-state index contributed by atoms with van der Waals surface area (Å²) in [5.41, 5.74) is 1.63. The molecule has 0 atom stereocenters. The minimum Gasteiger partial charge on any atom is -0.476 e. The highest BCUT2D eigenvalue weighted by Gasteiger charge is 2.16. The molecule has 0 saturated heterocycles. The van der Waals surface area contributed by atoms with E-state index in [0.717, 1.165) is 11.4 Å². The Morgan fingerprint density at radius 3 is 2.29 bits per heavy atom. The monoisotopic (exact) mass is 233 g/mol. The molecule has 5 heteroatoms. The lowest BCUT2D eigenvalue weighted by molar-refractivity contribution is -0.132. The summed E-state index contributed by atoms with van der Waals surface area (Å²) in [5, 5.41) is 9.07. The Hall–Kier alpha value is -2.17. The number of aromatic nitrogens is 1. The van der Waals surface area contributed by atoms with Crippen LogP contribution in [0.1, 0.15) is 18.3 Å². The first-order valence-electron chi connectivity index (χ1n) is 5.11. The van der Waals surface area contributed by atoms with E-state index in [-0.39, 0.29) is 11.5 Å². The van der Waals surface area contributed by atoms with Crippen LogP contribution in [0, 0.1) is 13.8 Å². The van der Waals surface area contributed by atoms with Crippen LogP contribution in [-0.2, 0) is 4.79 Å². The Morgan fingerprint density at radius 1 is 1.41 bits per heavy atom. The first-order chi connectivity index (χ1) is 8.02. The number of nitrogens with zero attached hydrogens (tertiary/aromatic N) is 3. The normalized spacial score (nSPS) is 12.6. The number of carboxylic acid groups (broad SMARTS) is 1. The third-order valence-corrected chi connectivity index (χ3v) is 2.31. The zero-order chi connectivity index (χ0) is 13.0. The predicted octanol–water partition coefficient (Wildman–Crippen LogP) is 2.11. The van der Waals surface area contributed by atoms with Gasteiger partial charge in [0.25, 0.3) is 0 Å². The smallest absolute Gasteiger partial charge is 0.358 e. The van der Waals surface area contributed by atoms with E-state index in [2.05, 4.69) is 16.7 Å². The van der Waals surface area contributed by atoms with Crippen LogP contribution in [0.4, 0.5) is 0 Å². The van der Waals surface area contributed by atoms with E-state index in [1.54, 1.807) is 11.5 Å². The molecule has 0 amide bonds. The van der Waals surface area contributed by atoms with Gasteiger partial charge in [-0.3, -0.25) is 4.99 Å². The van der Waals surface area contributed by atoms with Gasteiger partial charge in [0.15, 0.2) is 11.5 Å². The molecule has 1 heterocycles. The molecule has 17 heavy (non-hydrogen) atoms. The van der Waals surface area contributed by atoms with Crippen molar-refractivity contribution >= 4 is 24.7 Å². The molecule has 90 valence electrons. The van der Waals surface area contributed by atoms with Crippen molar-refractivity contribution in [3.05, 3.63) is 29.2 Å². The van der Waals surface area contributed by atoms with Crippen molar-refractivity contribution < 1.29 is 9.90 Å². The van der Waals surface area contributed by atoms with Crippen LogP contribution in [0.5, 0.6) is 0 Å². The molecular formula is C12H15N3O2. The number of aryl methyl sites for hydroxylation is 2. The van der Waals surface area contributed by atoms with Gasteiger partial charge < -0.3 is 9.67 Å². The molecule has 0 radical (unpaired) electrons. The average molecular weight is 233 g/mol. The summed E-state index contributed by atoms with van der Waals surface area (Å²) in [7, 11) is 0. The molecule has 0 aliphatic heterocycles. The predicted molar refractivity (Wildman–Crippen MR) is 68.5 cm³/mol. The standard InChI is InChI=1S/C12H15N3O2/c1-5-14-11(10(13-4)12(16)17)15-8(2)6-7-9(15)3/h5-7H,4H2,1-3H3,(H,16,17)/b11-10+,14-5-. The van der Waals surface area contributed by atoms with Crippen molar-refractivity contribution in [2.75, 3.05) is 0 Å². The van der Waals surface area contributed by atoms with Gasteiger partial charge in [-0.05, 0) is 39.6 Å². The molecule has 1 N–H and O–H groups in total. The first kappa shape index (κ1) is 12.9. The fourth-order valence-corrected chi connectivity index (χ4v) is 1.58. The van der Waals surface area contributed by atoms with Crippen molar-refractivity contribution in [3.63, 3.8) is 0 Å². The highest BCUT2D eigenvalue weighted by atomic mass is 16.4. The zero-order valence-corrected chi connectivity index (χ0v) is 10.1. The van der Waals surface area contributed by atoms with Crippen LogP contribution in [0.2, 0.25) is 0 Å². The van der Waals surface area contributed by atoms with Gasteiger partial charge in [0.05, 0.1) is 0 Å². The lowest BCUT2D eigenvalue weighted by Gasteiger charge is -2.11. The van der Waals surface area contributed by atoms with Crippen LogP contribution in [0.25, 0.3) is 5.82 Å². The van der Waals surface area contributed by atoms with E-state index < -0.39 is 5.97 Å². The van der Waals surface area contributed by atoms with Crippen LogP contribution < -0.4 is 0 Å². The van der Waals surface area contributed by atoms with Crippen molar-refractivity contribution in [1.82, 2.24) is 4.57 Å². The van der Waals surface area contributed by atoms with Crippen LogP contribution in [0.15, 0.2) is 27.8 Å². The number of carbonyl (C=O) groups is 1. The molecular weight excluding hydrogens is 218 g/mol. The molecule has 0 spiro atoms. The zero-order valence-electron chi connectivity index (χ0n) is 10.1. The van der Waals surface area contributed by atoms with Gasteiger partial charge in [-0.2, -0.15) is 0 Å². The van der Waals surface area contributed by atoms with Gasteiger partial charge in [0, 0.05) is 17.6 Å². The van der Waals surface area contributed by atoms with Crippen molar-refractivity contribution in [2.45, 2.75) is 20.8 Å². The van der Waals surface area contributed by atoms with Gasteiger partial charge in [-0.1, -0.05) is 0 Å². The fraction of sp³-hybridized carbons (Fsp3) is 0.250. The van der Waals surface area contributed by atoms with E-state index in [9.17, 15) is 4.79 Å². The van der Waals surface area contributed by atoms with E-state index in [1.165, 1.54) is 6.21 Å². The quantitative estimate of drug-likeness (QED) is 0.639. The first-order valence-corrected chi connectivity index (χ1v) is 5.11. The molecule has 5 nitrogen and oxygen atoms in total. The molecule has 0 fully saturated rings. The highest BCUT2D eigenvalue weighted by Crippen LogP contribution is 2.20. The Balaban J connectivity index is 3.57. The Kier molecular flexibility index (Phi) is 3.98. The summed E-state index contributed by atoms with van der Waals surface area (Å²) >= 11 is 0. The van der Waals surface area contributed by atoms with Gasteiger partial charge >= 0.3 is 5.97 Å². The molecule has 1 aromatic heterocycles. The van der Waals surface area contributed by atoms with E-state index in [1.807, 2.05) is 26.0 Å². The van der Waals surface area contributed by atoms with Crippen molar-refractivity contribution in [1.29, 1.82) is 0 Å². The second-order valence-corrected chi connectivity index (χ2v) is 3.47. The summed E-state index contributed by atoms with van der Waals surface area (Å²) in [6, 6.07) is 3.78. The average Bonchev–Trinajstić information content (AvgIpc) is 2.58. The Labute approximate surface area is 99.8 Å². The number of aliphatic carboxylic acids is 1. The number of hydrogen-bond acceptors (Lipinski definition) is 3. The minimum atomic E-state index is -1.15. The maximum absolute atomic E-state index is 11.1. The minimum absolute atomic E-state index is 0.162. The lowest BCUT2D eigenvalue weighted by Crippen LogP contribution is -2.08. The Bertz CT molecular complexity index is 490. The van der Waals surface area contributed by atoms with Crippen molar-refractivity contribution in [3.8, 4) is 0 Å². The second kappa shape index (κ2) is 5.25. The van der Waals surface area contributed by atoms with Crippen LogP contribution in [0.3, 0.4) is 0 Å². The molecule has 0 aliphatic carbocycles. The second-order valence-electron chi connectivity index (χ2n) is 3.47. The summed E-state index contributed by atoms with van der Waals surface area (Å²) in [4.78, 5) is 18.7. The maximum atomic E-state index is 11.1. The summed E-state index contributed by atoms with van der Waals surface area (Å²) in [5.74, 6) is -0.872. The molecule has 1 aromatic rings. The topological polar surface area (TPSA) is 66.9 Å². The van der Waals surface area contributed by atoms with Crippen LogP contribution in [-0.4, -0.2) is 28.6 Å². The fourth-order valence-electron chi connectivity index (χ4n) is 1.58. The van der Waals surface area contributed by atoms with E-state index in [4.69, 9.17) is 5.11 Å². The molecule has 1 rings (SSSR count). The van der Waals surface area contributed by atoms with Gasteiger partial charge in [-0.25, -0.2) is 9.79 Å².